The van der Waals surface area contributed by atoms with E-state index in [-0.39, 0.29) is 54.2 Å². The van der Waals surface area contributed by atoms with Crippen molar-refractivity contribution in [2.75, 3.05) is 33.0 Å². The van der Waals surface area contributed by atoms with Crippen LogP contribution in [0.15, 0.2) is 12.7 Å². The third-order valence-corrected chi connectivity index (χ3v) is 12.0. The molecule has 0 radical (unpaired) electrons. The molecule has 0 aromatic heterocycles. The quantitative estimate of drug-likeness (QED) is 0.0883. The Morgan fingerprint density at radius 2 is 1.73 bits per heavy atom. The zero-order valence-corrected chi connectivity index (χ0v) is 29.2. The van der Waals surface area contributed by atoms with Gasteiger partial charge in [0.25, 0.3) is 7.57 Å². The molecule has 0 saturated carbocycles. The van der Waals surface area contributed by atoms with Crippen LogP contribution < -0.4 is 0 Å². The van der Waals surface area contributed by atoms with Crippen LogP contribution in [0.3, 0.4) is 0 Å². The van der Waals surface area contributed by atoms with E-state index in [2.05, 4.69) is 27.4 Å². The van der Waals surface area contributed by atoms with Gasteiger partial charge in [0.15, 0.2) is 0 Å². The van der Waals surface area contributed by atoms with Crippen molar-refractivity contribution < 1.29 is 41.9 Å². The van der Waals surface area contributed by atoms with E-state index < -0.39 is 36.5 Å². The SMILES string of the molecule is C=CCOC(=O)C(N1C(=O)[C@H]([C@H](C(C)(C)C)C(C)(C)O[SiH3])[C@H]1SC(=O)[C@H]1CCCO1)=P(OCC)(OCC)OCC. The topological polar surface area (TPSA) is 110 Å². The highest BCUT2D eigenvalue weighted by molar-refractivity contribution is 8.14. The lowest BCUT2D eigenvalue weighted by Crippen LogP contribution is -2.69. The zero-order chi connectivity index (χ0) is 30.3. The average Bonchev–Trinajstić information content (AvgIpc) is 3.43. The van der Waals surface area contributed by atoms with Gasteiger partial charge in [0.05, 0.1) is 31.3 Å². The molecule has 0 spiro atoms. The molecule has 2 heterocycles. The molecule has 13 heteroatoms. The van der Waals surface area contributed by atoms with Gasteiger partial charge < -0.3 is 27.5 Å². The fourth-order valence-electron chi connectivity index (χ4n) is 5.59. The van der Waals surface area contributed by atoms with Crippen LogP contribution >= 0.6 is 19.3 Å². The third-order valence-electron chi connectivity index (χ3n) is 6.98. The van der Waals surface area contributed by atoms with E-state index in [1.807, 2.05) is 13.8 Å². The number of carbonyl (C=O) groups is 3. The van der Waals surface area contributed by atoms with E-state index in [0.717, 1.165) is 18.2 Å². The fourth-order valence-corrected chi connectivity index (χ4v) is 9.62. The van der Waals surface area contributed by atoms with Gasteiger partial charge in [-0.05, 0) is 52.9 Å². The summed E-state index contributed by atoms with van der Waals surface area (Å²) in [5.41, 5.74) is -1.18. The van der Waals surface area contributed by atoms with Gasteiger partial charge in [-0.15, -0.1) is 0 Å². The van der Waals surface area contributed by atoms with Crippen LogP contribution in [-0.2, 0) is 41.9 Å². The summed E-state index contributed by atoms with van der Waals surface area (Å²) >= 11 is 1.01. The highest BCUT2D eigenvalue weighted by Crippen LogP contribution is 2.58. The first-order chi connectivity index (χ1) is 18.8. The first-order valence-corrected chi connectivity index (χ1v) is 17.2. The molecule has 40 heavy (non-hydrogen) atoms. The summed E-state index contributed by atoms with van der Waals surface area (Å²) in [7, 11) is -3.12. The third kappa shape index (κ3) is 7.69. The van der Waals surface area contributed by atoms with Gasteiger partial charge in [-0.3, -0.25) is 14.5 Å². The van der Waals surface area contributed by atoms with Gasteiger partial charge in [0.2, 0.25) is 16.4 Å². The minimum Gasteiger partial charge on any atom is -0.457 e. The second-order valence-electron chi connectivity index (χ2n) is 11.2. The minimum atomic E-state index is -3.58. The van der Waals surface area contributed by atoms with Crippen LogP contribution in [-0.4, -0.2) is 87.9 Å². The van der Waals surface area contributed by atoms with Crippen molar-refractivity contribution in [3.8, 4) is 0 Å². The summed E-state index contributed by atoms with van der Waals surface area (Å²) in [5, 5.41) is -0.939. The van der Waals surface area contributed by atoms with E-state index in [4.69, 9.17) is 27.5 Å². The molecule has 2 aliphatic rings. The number of likely N-dealkylation sites (tertiary alicyclic amines) is 1. The van der Waals surface area contributed by atoms with Gasteiger partial charge in [-0.1, -0.05) is 45.2 Å². The molecule has 0 N–H and O–H groups in total. The summed E-state index contributed by atoms with van der Waals surface area (Å²) in [6.45, 7) is 19.9. The number of β-lactam (4-membered cyclic amide) rings is 1. The molecule has 4 atom stereocenters. The number of nitrogens with zero attached hydrogens (tertiary/aromatic N) is 1. The molecule has 1 amide bonds. The molecule has 0 unspecified atom stereocenters. The lowest BCUT2D eigenvalue weighted by molar-refractivity contribution is -0.160. The van der Waals surface area contributed by atoms with Gasteiger partial charge in [0.1, 0.15) is 28.6 Å². The maximum Gasteiger partial charge on any atom is 0.362 e. The fraction of sp³-hybridized carbons (Fsp3) is 0.778. The van der Waals surface area contributed by atoms with Crippen molar-refractivity contribution in [2.24, 2.45) is 17.3 Å². The number of amides is 1. The van der Waals surface area contributed by atoms with Gasteiger partial charge in [-0.25, -0.2) is 4.79 Å². The van der Waals surface area contributed by atoms with Crippen molar-refractivity contribution >= 4 is 52.2 Å². The monoisotopic (exact) mass is 621 g/mol. The average molecular weight is 622 g/mol. The number of rotatable bonds is 15. The Balaban J connectivity index is 2.81. The molecule has 10 nitrogen and oxygen atoms in total. The largest absolute Gasteiger partial charge is 0.457 e. The molecule has 0 bridgehead atoms. The maximum atomic E-state index is 14.3. The van der Waals surface area contributed by atoms with Gasteiger partial charge >= 0.3 is 5.97 Å². The molecule has 0 aliphatic carbocycles. The Morgan fingerprint density at radius 1 is 1.15 bits per heavy atom. The van der Waals surface area contributed by atoms with Crippen molar-refractivity contribution in [3.63, 3.8) is 0 Å². The highest BCUT2D eigenvalue weighted by atomic mass is 32.2. The Hall–Kier alpha value is -0.983. The summed E-state index contributed by atoms with van der Waals surface area (Å²) in [6.07, 6.45) is 2.27. The minimum absolute atomic E-state index is 0.0865. The molecule has 0 aromatic rings. The van der Waals surface area contributed by atoms with E-state index >= 15 is 0 Å². The summed E-state index contributed by atoms with van der Waals surface area (Å²) in [5.74, 6) is -2.08. The number of carbonyl (C=O) groups excluding carboxylic acids is 3. The lowest BCUT2D eigenvalue weighted by atomic mass is 9.63. The standard InChI is InChI=1S/C27H48NO9PSSi/c1-10-16-33-24(30)22(38(34-11-2,35-12-3)36-13-4)28-21(29)19(20(26(5,6)7)27(8,9)37-40)23(28)39-25(31)18-15-14-17-32-18/h10,18-20,23H,1,11-17H2,2-9,40H3/t18-,19+,20-,23-/m1/s1. The molecular weight excluding hydrogens is 573 g/mol. The number of esters is 1. The second-order valence-corrected chi connectivity index (χ2v) is 14.9. The Kier molecular flexibility index (Phi) is 13.2. The van der Waals surface area contributed by atoms with Crippen molar-refractivity contribution in [1.82, 2.24) is 4.90 Å². The number of hydrogen-bond donors (Lipinski definition) is 0. The van der Waals surface area contributed by atoms with Crippen LogP contribution in [0.1, 0.15) is 68.2 Å². The predicted octanol–water partition coefficient (Wildman–Crippen LogP) is 3.68. The van der Waals surface area contributed by atoms with Crippen LogP contribution in [0.5, 0.6) is 0 Å². The van der Waals surface area contributed by atoms with E-state index in [1.54, 1.807) is 20.8 Å². The first-order valence-electron chi connectivity index (χ1n) is 13.9. The molecule has 2 fully saturated rings. The Labute approximate surface area is 246 Å². The van der Waals surface area contributed by atoms with Crippen molar-refractivity contribution in [3.05, 3.63) is 12.7 Å². The van der Waals surface area contributed by atoms with Crippen LogP contribution in [0.4, 0.5) is 0 Å². The molecular formula is C27H48NO9PSSi. The molecule has 0 aromatic carbocycles. The smallest absolute Gasteiger partial charge is 0.362 e. The summed E-state index contributed by atoms with van der Waals surface area (Å²) in [6, 6.07) is 0. The van der Waals surface area contributed by atoms with Crippen molar-refractivity contribution in [2.45, 2.75) is 85.3 Å². The van der Waals surface area contributed by atoms with E-state index in [9.17, 15) is 14.4 Å². The highest BCUT2D eigenvalue weighted by Gasteiger charge is 2.62. The normalized spacial score (nSPS) is 22.6. The summed E-state index contributed by atoms with van der Waals surface area (Å²) < 4.78 is 35.3. The maximum absolute atomic E-state index is 14.3. The lowest BCUT2D eigenvalue weighted by Gasteiger charge is -2.56. The van der Waals surface area contributed by atoms with Gasteiger partial charge in [-0.2, -0.15) is 0 Å². The first kappa shape index (κ1) is 35.2. The molecule has 230 valence electrons. The Bertz CT molecular complexity index is 954. The second kappa shape index (κ2) is 15.0. The molecule has 2 saturated heterocycles. The zero-order valence-electron chi connectivity index (χ0n) is 25.5. The number of hydrogen-bond acceptors (Lipinski definition) is 10. The predicted molar refractivity (Wildman–Crippen MR) is 162 cm³/mol. The molecule has 2 aliphatic heterocycles. The molecule has 2 rings (SSSR count). The van der Waals surface area contributed by atoms with Gasteiger partial charge in [0, 0.05) is 12.5 Å². The number of thioether (sulfide) groups is 1. The van der Waals surface area contributed by atoms with Crippen LogP contribution in [0.25, 0.3) is 0 Å². The number of ether oxygens (including phenoxy) is 2. The Morgan fingerprint density at radius 3 is 2.15 bits per heavy atom. The van der Waals surface area contributed by atoms with E-state index in [0.29, 0.717) is 23.5 Å². The van der Waals surface area contributed by atoms with E-state index in [1.165, 1.54) is 11.0 Å². The van der Waals surface area contributed by atoms with Crippen LogP contribution in [0.2, 0.25) is 0 Å². The summed E-state index contributed by atoms with van der Waals surface area (Å²) in [4.78, 5) is 42.9. The van der Waals surface area contributed by atoms with Crippen molar-refractivity contribution in [1.29, 1.82) is 0 Å². The van der Waals surface area contributed by atoms with Crippen LogP contribution in [0, 0.1) is 17.3 Å².